The van der Waals surface area contributed by atoms with Crippen molar-refractivity contribution in [1.29, 1.82) is 0 Å². The number of nitrogens with zero attached hydrogens (tertiary/aromatic N) is 2. The molecular weight excluding hydrogens is 264 g/mol. The van der Waals surface area contributed by atoms with E-state index in [-0.39, 0.29) is 0 Å². The predicted molar refractivity (Wildman–Crippen MR) is 83.2 cm³/mol. The number of guanidine groups is 1. The predicted octanol–water partition coefficient (Wildman–Crippen LogP) is 2.36. The van der Waals surface area contributed by atoms with Crippen LogP contribution in [0.4, 0.5) is 0 Å². The maximum Gasteiger partial charge on any atom is 0.213 e. The Hall–Kier alpha value is -1.78. The molecule has 5 heteroatoms. The van der Waals surface area contributed by atoms with Gasteiger partial charge in [-0.3, -0.25) is 0 Å². The minimum Gasteiger partial charge on any atom is -0.474 e. The molecule has 21 heavy (non-hydrogen) atoms. The molecule has 2 fully saturated rings. The third-order valence-corrected chi connectivity index (χ3v) is 4.28. The number of nitrogens with two attached hydrogens (primary N) is 1. The van der Waals surface area contributed by atoms with Crippen molar-refractivity contribution < 1.29 is 4.74 Å². The second-order valence-electron chi connectivity index (χ2n) is 6.00. The molecule has 2 saturated carbocycles. The second-order valence-corrected chi connectivity index (χ2v) is 6.00. The summed E-state index contributed by atoms with van der Waals surface area (Å²) in [5, 5.41) is 3.30. The van der Waals surface area contributed by atoms with E-state index >= 15 is 0 Å². The number of aromatic nitrogens is 1. The van der Waals surface area contributed by atoms with E-state index in [9.17, 15) is 0 Å². The average molecular weight is 288 g/mol. The first-order chi connectivity index (χ1) is 10.3. The van der Waals surface area contributed by atoms with Crippen LogP contribution in [0.5, 0.6) is 5.88 Å². The summed E-state index contributed by atoms with van der Waals surface area (Å²) in [5.41, 5.74) is 7.02. The average Bonchev–Trinajstić information content (AvgIpc) is 2.94. The zero-order valence-electron chi connectivity index (χ0n) is 12.4. The largest absolute Gasteiger partial charge is 0.474 e. The van der Waals surface area contributed by atoms with Gasteiger partial charge < -0.3 is 15.8 Å². The summed E-state index contributed by atoms with van der Waals surface area (Å²) in [5.74, 6) is 1.25. The van der Waals surface area contributed by atoms with Gasteiger partial charge in [0.1, 0.15) is 6.10 Å². The lowest BCUT2D eigenvalue weighted by Gasteiger charge is -2.25. The highest BCUT2D eigenvalue weighted by atomic mass is 16.5. The van der Waals surface area contributed by atoms with Crippen LogP contribution in [0.25, 0.3) is 0 Å². The van der Waals surface area contributed by atoms with Crippen molar-refractivity contribution in [3.05, 3.63) is 23.9 Å². The molecule has 0 saturated heterocycles. The first-order valence-corrected chi connectivity index (χ1v) is 7.97. The molecule has 3 N–H and O–H groups in total. The Morgan fingerprint density at radius 3 is 2.81 bits per heavy atom. The van der Waals surface area contributed by atoms with E-state index in [1.54, 1.807) is 6.20 Å². The second kappa shape index (κ2) is 6.78. The van der Waals surface area contributed by atoms with Gasteiger partial charge in [0.2, 0.25) is 5.88 Å². The standard InChI is InChI=1S/C16H24N4O/c17-16(20-13-4-1-2-5-13)19-11-12-8-9-18-15(10-12)21-14-6-3-7-14/h8-10,13-14H,1-7,11H2,(H3,17,19,20). The fourth-order valence-electron chi connectivity index (χ4n) is 2.77. The summed E-state index contributed by atoms with van der Waals surface area (Å²) in [6.07, 6.45) is 10.6. The van der Waals surface area contributed by atoms with E-state index in [2.05, 4.69) is 15.3 Å². The Morgan fingerprint density at radius 2 is 2.10 bits per heavy atom. The molecule has 0 bridgehead atoms. The molecule has 0 unspecified atom stereocenters. The molecule has 1 aromatic rings. The molecule has 2 aliphatic carbocycles. The van der Waals surface area contributed by atoms with Crippen LogP contribution >= 0.6 is 0 Å². The molecule has 5 nitrogen and oxygen atoms in total. The minimum absolute atomic E-state index is 0.352. The fraction of sp³-hybridized carbons (Fsp3) is 0.625. The number of hydrogen-bond donors (Lipinski definition) is 2. The Labute approximate surface area is 126 Å². The summed E-state index contributed by atoms with van der Waals surface area (Å²) in [6.45, 7) is 0.565. The van der Waals surface area contributed by atoms with E-state index in [1.165, 1.54) is 32.1 Å². The Morgan fingerprint density at radius 1 is 1.29 bits per heavy atom. The van der Waals surface area contributed by atoms with Crippen molar-refractivity contribution in [2.45, 2.75) is 63.6 Å². The zero-order valence-corrected chi connectivity index (χ0v) is 12.4. The number of rotatable bonds is 5. The van der Waals surface area contributed by atoms with Gasteiger partial charge >= 0.3 is 0 Å². The SMILES string of the molecule is NC(=NCc1ccnc(OC2CCC2)c1)NC1CCCC1. The van der Waals surface area contributed by atoms with Crippen molar-refractivity contribution in [3.8, 4) is 5.88 Å². The Kier molecular flexibility index (Phi) is 4.58. The lowest BCUT2D eigenvalue weighted by atomic mass is 9.96. The molecule has 0 aromatic carbocycles. The van der Waals surface area contributed by atoms with Crippen LogP contribution < -0.4 is 15.8 Å². The number of ether oxygens (including phenoxy) is 1. The first-order valence-electron chi connectivity index (χ1n) is 7.97. The molecule has 0 aliphatic heterocycles. The van der Waals surface area contributed by atoms with E-state index in [1.807, 2.05) is 12.1 Å². The summed E-state index contributed by atoms with van der Waals surface area (Å²) in [7, 11) is 0. The van der Waals surface area contributed by atoms with Crippen LogP contribution in [-0.4, -0.2) is 23.1 Å². The molecule has 1 aromatic heterocycles. The quantitative estimate of drug-likeness (QED) is 0.644. The van der Waals surface area contributed by atoms with Crippen molar-refractivity contribution in [1.82, 2.24) is 10.3 Å². The molecule has 114 valence electrons. The molecule has 0 atom stereocenters. The van der Waals surface area contributed by atoms with Crippen LogP contribution in [0, 0.1) is 0 Å². The number of aliphatic imine (C=N–C) groups is 1. The lowest BCUT2D eigenvalue weighted by Crippen LogP contribution is -2.38. The molecular formula is C16H24N4O. The number of nitrogens with one attached hydrogen (secondary N) is 1. The zero-order chi connectivity index (χ0) is 14.5. The summed E-state index contributed by atoms with van der Waals surface area (Å²) >= 11 is 0. The first kappa shape index (κ1) is 14.2. The van der Waals surface area contributed by atoms with Gasteiger partial charge in [0.15, 0.2) is 5.96 Å². The van der Waals surface area contributed by atoms with Gasteiger partial charge in [-0.25, -0.2) is 9.98 Å². The maximum absolute atomic E-state index is 5.94. The lowest BCUT2D eigenvalue weighted by molar-refractivity contribution is 0.114. The van der Waals surface area contributed by atoms with Crippen molar-refractivity contribution in [2.24, 2.45) is 10.7 Å². The topological polar surface area (TPSA) is 72.5 Å². The maximum atomic E-state index is 5.94. The van der Waals surface area contributed by atoms with Crippen molar-refractivity contribution in [3.63, 3.8) is 0 Å². The third-order valence-electron chi connectivity index (χ3n) is 4.28. The van der Waals surface area contributed by atoms with Gasteiger partial charge in [0.05, 0.1) is 6.54 Å². The monoisotopic (exact) mass is 288 g/mol. The third kappa shape index (κ3) is 4.09. The molecule has 0 radical (unpaired) electrons. The van der Waals surface area contributed by atoms with Crippen molar-refractivity contribution >= 4 is 5.96 Å². The molecule has 0 spiro atoms. The summed E-state index contributed by atoms with van der Waals surface area (Å²) < 4.78 is 5.80. The molecule has 3 rings (SSSR count). The van der Waals surface area contributed by atoms with Gasteiger partial charge in [-0.15, -0.1) is 0 Å². The van der Waals surface area contributed by atoms with E-state index in [0.717, 1.165) is 18.4 Å². The summed E-state index contributed by atoms with van der Waals surface area (Å²) in [6, 6.07) is 4.42. The Balaban J connectivity index is 1.52. The molecule has 2 aliphatic rings. The van der Waals surface area contributed by atoms with Crippen molar-refractivity contribution in [2.75, 3.05) is 0 Å². The van der Waals surface area contributed by atoms with Gasteiger partial charge in [0, 0.05) is 18.3 Å². The van der Waals surface area contributed by atoms with Crippen LogP contribution in [0.15, 0.2) is 23.3 Å². The highest BCUT2D eigenvalue weighted by Crippen LogP contribution is 2.24. The minimum atomic E-state index is 0.352. The van der Waals surface area contributed by atoms with Gasteiger partial charge in [-0.2, -0.15) is 0 Å². The Bertz CT molecular complexity index is 493. The smallest absolute Gasteiger partial charge is 0.213 e. The normalized spacial score (nSPS) is 20.3. The highest BCUT2D eigenvalue weighted by Gasteiger charge is 2.19. The molecule has 1 heterocycles. The highest BCUT2D eigenvalue weighted by molar-refractivity contribution is 5.78. The van der Waals surface area contributed by atoms with Gasteiger partial charge in [0.25, 0.3) is 0 Å². The van der Waals surface area contributed by atoms with Crippen LogP contribution in [0.2, 0.25) is 0 Å². The fourth-order valence-corrected chi connectivity index (χ4v) is 2.77. The van der Waals surface area contributed by atoms with Gasteiger partial charge in [-0.05, 0) is 43.7 Å². The van der Waals surface area contributed by atoms with E-state index < -0.39 is 0 Å². The van der Waals surface area contributed by atoms with Crippen LogP contribution in [0.3, 0.4) is 0 Å². The molecule has 0 amide bonds. The number of hydrogen-bond acceptors (Lipinski definition) is 3. The van der Waals surface area contributed by atoms with E-state index in [4.69, 9.17) is 10.5 Å². The van der Waals surface area contributed by atoms with Crippen LogP contribution in [0.1, 0.15) is 50.5 Å². The van der Waals surface area contributed by atoms with Gasteiger partial charge in [-0.1, -0.05) is 12.8 Å². The summed E-state index contributed by atoms with van der Waals surface area (Å²) in [4.78, 5) is 8.67. The van der Waals surface area contributed by atoms with Crippen LogP contribution in [-0.2, 0) is 6.54 Å². The number of pyridine rings is 1. The van der Waals surface area contributed by atoms with E-state index in [0.29, 0.717) is 30.5 Å².